The maximum atomic E-state index is 11.8. The van der Waals surface area contributed by atoms with Gasteiger partial charge in [0.1, 0.15) is 6.54 Å². The largest absolute Gasteiger partial charge is 0.356 e. The lowest BCUT2D eigenvalue weighted by Crippen LogP contribution is -2.51. The van der Waals surface area contributed by atoms with Crippen molar-refractivity contribution < 1.29 is 4.79 Å². The van der Waals surface area contributed by atoms with Crippen LogP contribution in [0.5, 0.6) is 0 Å². The van der Waals surface area contributed by atoms with E-state index < -0.39 is 0 Å². The molecule has 0 bridgehead atoms. The maximum absolute atomic E-state index is 11.8. The number of likely N-dealkylation sites (tertiary alicyclic amines) is 1. The lowest BCUT2D eigenvalue weighted by atomic mass is 9.97. The second kappa shape index (κ2) is 10.9. The highest BCUT2D eigenvalue weighted by Crippen LogP contribution is 2.19. The average molecular weight is 374 g/mol. The van der Waals surface area contributed by atoms with Crippen LogP contribution in [0.3, 0.4) is 0 Å². The molecule has 2 atom stereocenters. The van der Waals surface area contributed by atoms with Gasteiger partial charge < -0.3 is 15.5 Å². The predicted molar refractivity (Wildman–Crippen MR) is 112 cm³/mol. The Bertz CT molecular complexity index is 602. The van der Waals surface area contributed by atoms with Crippen molar-refractivity contribution >= 4 is 11.9 Å². The molecule has 2 N–H and O–H groups in total. The van der Waals surface area contributed by atoms with Gasteiger partial charge in [0.15, 0.2) is 5.96 Å². The fourth-order valence-corrected chi connectivity index (χ4v) is 3.28. The van der Waals surface area contributed by atoms with E-state index in [2.05, 4.69) is 64.7 Å². The quantitative estimate of drug-likeness (QED) is 0.567. The molecule has 1 saturated heterocycles. The monoisotopic (exact) mass is 373 g/mol. The van der Waals surface area contributed by atoms with Gasteiger partial charge in [-0.05, 0) is 31.7 Å². The second-order valence-corrected chi connectivity index (χ2v) is 7.55. The molecule has 0 radical (unpaired) electrons. The van der Waals surface area contributed by atoms with Crippen LogP contribution in [0.4, 0.5) is 0 Å². The topological polar surface area (TPSA) is 60.0 Å². The van der Waals surface area contributed by atoms with Crippen molar-refractivity contribution in [2.75, 3.05) is 33.7 Å². The van der Waals surface area contributed by atoms with Crippen molar-refractivity contribution in [2.45, 2.75) is 51.7 Å². The number of benzene rings is 1. The number of guanidine groups is 1. The van der Waals surface area contributed by atoms with Crippen LogP contribution in [-0.4, -0.2) is 67.5 Å². The van der Waals surface area contributed by atoms with Crippen molar-refractivity contribution in [2.24, 2.45) is 4.99 Å². The number of nitrogens with one attached hydrogen (secondary N) is 2. The minimum absolute atomic E-state index is 0.0126. The van der Waals surface area contributed by atoms with E-state index in [0.29, 0.717) is 12.1 Å². The number of likely N-dealkylation sites (N-methyl/N-ethyl adjacent to an activating group) is 1. The van der Waals surface area contributed by atoms with Crippen LogP contribution in [0.2, 0.25) is 0 Å². The molecule has 1 aromatic rings. The summed E-state index contributed by atoms with van der Waals surface area (Å²) >= 11 is 0. The Hall–Kier alpha value is -2.08. The zero-order valence-electron chi connectivity index (χ0n) is 17.2. The predicted octanol–water partition coefficient (Wildman–Crippen LogP) is 2.07. The highest BCUT2D eigenvalue weighted by atomic mass is 16.2. The molecule has 0 spiro atoms. The highest BCUT2D eigenvalue weighted by molar-refractivity contribution is 5.84. The van der Waals surface area contributed by atoms with E-state index in [-0.39, 0.29) is 12.5 Å². The number of hydrogen-bond acceptors (Lipinski definition) is 3. The smallest absolute Gasteiger partial charge is 0.243 e. The molecule has 1 aliphatic rings. The van der Waals surface area contributed by atoms with E-state index in [9.17, 15) is 4.79 Å². The van der Waals surface area contributed by atoms with Gasteiger partial charge in [-0.1, -0.05) is 37.3 Å². The Morgan fingerprint density at radius 3 is 2.67 bits per heavy atom. The van der Waals surface area contributed by atoms with Gasteiger partial charge in [0.2, 0.25) is 5.91 Å². The number of amides is 1. The molecule has 1 heterocycles. The fourth-order valence-electron chi connectivity index (χ4n) is 3.28. The molecule has 1 amide bonds. The summed E-state index contributed by atoms with van der Waals surface area (Å²) in [4.78, 5) is 20.4. The molecule has 1 aromatic carbocycles. The van der Waals surface area contributed by atoms with Crippen LogP contribution in [0.25, 0.3) is 0 Å². The third-order valence-corrected chi connectivity index (χ3v) is 5.00. The lowest BCUT2D eigenvalue weighted by Gasteiger charge is -2.38. The number of piperidine rings is 1. The second-order valence-electron chi connectivity index (χ2n) is 7.55. The molecule has 150 valence electrons. The number of carbonyl (C=O) groups excluding carboxylic acids is 1. The molecule has 27 heavy (non-hydrogen) atoms. The number of aliphatic imine (C=N–C) groups is 1. The summed E-state index contributed by atoms with van der Waals surface area (Å²) in [6, 6.07) is 11.5. The molecule has 2 rings (SSSR count). The molecule has 0 aliphatic carbocycles. The van der Waals surface area contributed by atoms with Gasteiger partial charge in [-0.2, -0.15) is 0 Å². The van der Waals surface area contributed by atoms with Gasteiger partial charge in [0.05, 0.1) is 0 Å². The van der Waals surface area contributed by atoms with Gasteiger partial charge in [-0.3, -0.25) is 9.69 Å². The molecule has 0 aromatic heterocycles. The van der Waals surface area contributed by atoms with Crippen molar-refractivity contribution in [1.29, 1.82) is 0 Å². The Labute approximate surface area is 164 Å². The maximum Gasteiger partial charge on any atom is 0.243 e. The number of rotatable bonds is 7. The number of nitrogens with zero attached hydrogens (tertiary/aromatic N) is 3. The summed E-state index contributed by atoms with van der Waals surface area (Å²) in [6.07, 6.45) is 3.17. The van der Waals surface area contributed by atoms with E-state index in [1.165, 1.54) is 5.56 Å². The molecular weight excluding hydrogens is 338 g/mol. The van der Waals surface area contributed by atoms with Crippen molar-refractivity contribution in [3.8, 4) is 0 Å². The lowest BCUT2D eigenvalue weighted by molar-refractivity contribution is -0.127. The first kappa shape index (κ1) is 21.2. The van der Waals surface area contributed by atoms with Crippen LogP contribution < -0.4 is 10.6 Å². The van der Waals surface area contributed by atoms with E-state index in [1.54, 1.807) is 19.0 Å². The van der Waals surface area contributed by atoms with Gasteiger partial charge in [-0.25, -0.2) is 4.99 Å². The molecule has 6 heteroatoms. The van der Waals surface area contributed by atoms with Gasteiger partial charge in [0.25, 0.3) is 0 Å². The first-order valence-electron chi connectivity index (χ1n) is 10.0. The minimum atomic E-state index is 0.0126. The summed E-state index contributed by atoms with van der Waals surface area (Å²) in [5, 5.41) is 6.87. The summed E-state index contributed by atoms with van der Waals surface area (Å²) in [5.41, 5.74) is 1.37. The summed E-state index contributed by atoms with van der Waals surface area (Å²) in [6.45, 7) is 7.51. The van der Waals surface area contributed by atoms with E-state index in [1.807, 2.05) is 0 Å². The van der Waals surface area contributed by atoms with Gasteiger partial charge in [-0.15, -0.1) is 0 Å². The first-order chi connectivity index (χ1) is 13.0. The van der Waals surface area contributed by atoms with Crippen LogP contribution in [0, 0.1) is 0 Å². The van der Waals surface area contributed by atoms with Crippen molar-refractivity contribution in [3.63, 3.8) is 0 Å². The zero-order chi connectivity index (χ0) is 19.6. The fraction of sp³-hybridized carbons (Fsp3) is 0.619. The van der Waals surface area contributed by atoms with Crippen LogP contribution in [0.15, 0.2) is 35.3 Å². The van der Waals surface area contributed by atoms with Crippen molar-refractivity contribution in [1.82, 2.24) is 20.4 Å². The third-order valence-electron chi connectivity index (χ3n) is 5.00. The Morgan fingerprint density at radius 2 is 2.04 bits per heavy atom. The summed E-state index contributed by atoms with van der Waals surface area (Å²) < 4.78 is 0. The Morgan fingerprint density at radius 1 is 1.30 bits per heavy atom. The molecule has 0 saturated carbocycles. The molecule has 2 unspecified atom stereocenters. The molecule has 1 aliphatic heterocycles. The SMILES string of the molecule is CCCNC(=NCC(=O)N(C)C)NC1CCN(Cc2ccccc2)C(C)C1. The molecule has 1 fully saturated rings. The number of carbonyl (C=O) groups is 1. The minimum Gasteiger partial charge on any atom is -0.356 e. The molecular formula is C21H35N5O. The zero-order valence-corrected chi connectivity index (χ0v) is 17.2. The standard InChI is InChI=1S/C21H35N5O/c1-5-12-22-21(23-15-20(27)25(3)4)24-19-11-13-26(17(2)14-19)16-18-9-7-6-8-10-18/h6-10,17,19H,5,11-16H2,1-4H3,(H2,22,23,24). The van der Waals surface area contributed by atoms with Gasteiger partial charge >= 0.3 is 0 Å². The number of hydrogen-bond donors (Lipinski definition) is 2. The summed E-state index contributed by atoms with van der Waals surface area (Å²) in [7, 11) is 3.52. The van der Waals surface area contributed by atoms with Crippen LogP contribution in [-0.2, 0) is 11.3 Å². The highest BCUT2D eigenvalue weighted by Gasteiger charge is 2.26. The van der Waals surface area contributed by atoms with E-state index in [0.717, 1.165) is 44.9 Å². The van der Waals surface area contributed by atoms with Crippen molar-refractivity contribution in [3.05, 3.63) is 35.9 Å². The van der Waals surface area contributed by atoms with Crippen LogP contribution in [0.1, 0.15) is 38.7 Å². The average Bonchev–Trinajstić information content (AvgIpc) is 2.66. The normalized spacial score (nSPS) is 21.0. The van der Waals surface area contributed by atoms with Crippen LogP contribution >= 0.6 is 0 Å². The van der Waals surface area contributed by atoms with E-state index >= 15 is 0 Å². The Kier molecular flexibility index (Phi) is 8.58. The summed E-state index contributed by atoms with van der Waals surface area (Å²) in [5.74, 6) is 0.763. The Balaban J connectivity index is 1.89. The first-order valence-corrected chi connectivity index (χ1v) is 10.0. The van der Waals surface area contributed by atoms with Gasteiger partial charge in [0, 0.05) is 45.8 Å². The molecule has 6 nitrogen and oxygen atoms in total. The van der Waals surface area contributed by atoms with E-state index in [4.69, 9.17) is 0 Å². The third kappa shape index (κ3) is 7.21.